The van der Waals surface area contributed by atoms with Crippen LogP contribution in [0.15, 0.2) is 79.2 Å². The molecule has 0 unspecified atom stereocenters. The third-order valence-electron chi connectivity index (χ3n) is 4.33. The Hall–Kier alpha value is -3.12. The fourth-order valence-electron chi connectivity index (χ4n) is 2.99. The highest BCUT2D eigenvalue weighted by Gasteiger charge is 2.20. The normalized spacial score (nSPS) is 11.8. The summed E-state index contributed by atoms with van der Waals surface area (Å²) in [6, 6.07) is 16.7. The summed E-state index contributed by atoms with van der Waals surface area (Å²) in [6.07, 6.45) is 1.15. The molecule has 5 nitrogen and oxygen atoms in total. The van der Waals surface area contributed by atoms with Crippen LogP contribution in [-0.2, 0) is 9.84 Å². The van der Waals surface area contributed by atoms with Crippen molar-refractivity contribution < 1.29 is 17.3 Å². The van der Waals surface area contributed by atoms with Crippen molar-refractivity contribution in [2.24, 2.45) is 0 Å². The Morgan fingerprint density at radius 3 is 2.19 bits per heavy atom. The number of furan rings is 1. The number of para-hydroxylation sites is 1. The van der Waals surface area contributed by atoms with Gasteiger partial charge in [0.2, 0.25) is 5.43 Å². The molecule has 0 saturated carbocycles. The second-order valence-corrected chi connectivity index (χ2v) is 8.35. The zero-order valence-corrected chi connectivity index (χ0v) is 15.5. The Kier molecular flexibility index (Phi) is 4.00. The van der Waals surface area contributed by atoms with Crippen LogP contribution in [-0.4, -0.2) is 14.7 Å². The molecule has 0 amide bonds. The van der Waals surface area contributed by atoms with Gasteiger partial charge < -0.3 is 8.83 Å². The number of benzene rings is 2. The van der Waals surface area contributed by atoms with Crippen LogP contribution in [0.3, 0.4) is 0 Å². The predicted octanol–water partition coefficient (Wildman–Crippen LogP) is 4.43. The smallest absolute Gasteiger partial charge is 0.204 e. The largest absolute Gasteiger partial charge is 0.461 e. The summed E-state index contributed by atoms with van der Waals surface area (Å²) in [6.45, 7) is 1.80. The number of hydrogen-bond acceptors (Lipinski definition) is 5. The maximum Gasteiger partial charge on any atom is 0.204 e. The molecule has 2 aromatic carbocycles. The summed E-state index contributed by atoms with van der Waals surface area (Å²) < 4.78 is 35.1. The summed E-state index contributed by atoms with van der Waals surface area (Å²) in [5.74, 6) is 1.43. The lowest BCUT2D eigenvalue weighted by atomic mass is 10.0. The zero-order chi connectivity index (χ0) is 19.2. The first-order valence-electron chi connectivity index (χ1n) is 8.28. The Balaban J connectivity index is 2.03. The van der Waals surface area contributed by atoms with Gasteiger partial charge in [-0.3, -0.25) is 4.79 Å². The number of sulfone groups is 1. The van der Waals surface area contributed by atoms with Crippen LogP contribution in [0.2, 0.25) is 0 Å². The molecule has 0 bridgehead atoms. The molecule has 4 aromatic rings. The van der Waals surface area contributed by atoms with Gasteiger partial charge in [-0.15, -0.1) is 0 Å². The van der Waals surface area contributed by atoms with Crippen LogP contribution >= 0.6 is 0 Å². The van der Waals surface area contributed by atoms with E-state index in [1.165, 1.54) is 12.1 Å². The van der Waals surface area contributed by atoms with Crippen molar-refractivity contribution >= 4 is 20.8 Å². The minimum absolute atomic E-state index is 0.199. The van der Waals surface area contributed by atoms with Gasteiger partial charge in [0.25, 0.3) is 0 Å². The topological polar surface area (TPSA) is 77.5 Å². The van der Waals surface area contributed by atoms with E-state index in [-0.39, 0.29) is 10.3 Å². The molecule has 136 valence electrons. The maximum atomic E-state index is 13.1. The molecule has 0 fully saturated rings. The molecular formula is C21H16O5S. The highest BCUT2D eigenvalue weighted by molar-refractivity contribution is 7.90. The van der Waals surface area contributed by atoms with Crippen LogP contribution in [0.1, 0.15) is 5.76 Å². The third-order valence-corrected chi connectivity index (χ3v) is 5.46. The van der Waals surface area contributed by atoms with E-state index in [4.69, 9.17) is 8.83 Å². The van der Waals surface area contributed by atoms with Gasteiger partial charge in [0, 0.05) is 11.8 Å². The summed E-state index contributed by atoms with van der Waals surface area (Å²) in [7, 11) is -3.31. The molecule has 4 rings (SSSR count). The number of hydrogen-bond donors (Lipinski definition) is 0. The second-order valence-electron chi connectivity index (χ2n) is 6.34. The van der Waals surface area contributed by atoms with Gasteiger partial charge in [-0.1, -0.05) is 12.1 Å². The van der Waals surface area contributed by atoms with Crippen LogP contribution in [0.5, 0.6) is 0 Å². The van der Waals surface area contributed by atoms with Gasteiger partial charge in [0.1, 0.15) is 28.4 Å². The van der Waals surface area contributed by atoms with Crippen molar-refractivity contribution in [1.82, 2.24) is 0 Å². The molecule has 0 aliphatic heterocycles. The maximum absolute atomic E-state index is 13.1. The Labute approximate surface area is 155 Å². The monoisotopic (exact) mass is 380 g/mol. The SMILES string of the molecule is Cc1ccc(-c2c(-c3ccc(S(C)(=O)=O)cc3)oc3ccccc3c2=O)o1. The van der Waals surface area contributed by atoms with Crippen molar-refractivity contribution in [3.05, 3.63) is 76.6 Å². The Morgan fingerprint density at radius 2 is 1.56 bits per heavy atom. The molecule has 0 spiro atoms. The quantitative estimate of drug-likeness (QED) is 0.525. The van der Waals surface area contributed by atoms with Gasteiger partial charge in [0.05, 0.1) is 10.3 Å². The molecular weight excluding hydrogens is 364 g/mol. The average Bonchev–Trinajstić information content (AvgIpc) is 3.07. The molecule has 0 aliphatic rings. The fourth-order valence-corrected chi connectivity index (χ4v) is 3.62. The number of fused-ring (bicyclic) bond motifs is 1. The number of rotatable bonds is 3. The Morgan fingerprint density at radius 1 is 0.852 bits per heavy atom. The zero-order valence-electron chi connectivity index (χ0n) is 14.7. The van der Waals surface area contributed by atoms with E-state index in [2.05, 4.69) is 0 Å². The standard InChI is InChI=1S/C21H16O5S/c1-13-7-12-18(25-13)19-20(22)16-5-3-4-6-17(16)26-21(19)14-8-10-15(11-9-14)27(2,23)24/h3-12H,1-2H3. The van der Waals surface area contributed by atoms with Gasteiger partial charge in [-0.05, 0) is 55.5 Å². The van der Waals surface area contributed by atoms with Crippen LogP contribution in [0, 0.1) is 6.92 Å². The van der Waals surface area contributed by atoms with Gasteiger partial charge in [-0.25, -0.2) is 8.42 Å². The van der Waals surface area contributed by atoms with Crippen molar-refractivity contribution in [3.8, 4) is 22.6 Å². The molecule has 0 aliphatic carbocycles. The lowest BCUT2D eigenvalue weighted by Crippen LogP contribution is -2.07. The third kappa shape index (κ3) is 3.08. The molecule has 27 heavy (non-hydrogen) atoms. The van der Waals surface area contributed by atoms with Crippen molar-refractivity contribution in [2.75, 3.05) is 6.26 Å². The number of aryl methyl sites for hydroxylation is 1. The summed E-state index contributed by atoms with van der Waals surface area (Å²) >= 11 is 0. The first-order chi connectivity index (χ1) is 12.8. The van der Waals surface area contributed by atoms with Crippen LogP contribution < -0.4 is 5.43 Å². The van der Waals surface area contributed by atoms with Crippen LogP contribution in [0.25, 0.3) is 33.6 Å². The summed E-state index contributed by atoms with van der Waals surface area (Å²) in [4.78, 5) is 13.3. The molecule has 0 N–H and O–H groups in total. The van der Waals surface area contributed by atoms with Crippen molar-refractivity contribution in [3.63, 3.8) is 0 Å². The van der Waals surface area contributed by atoms with Crippen LogP contribution in [0.4, 0.5) is 0 Å². The summed E-state index contributed by atoms with van der Waals surface area (Å²) in [5, 5.41) is 0.457. The second kappa shape index (κ2) is 6.25. The van der Waals surface area contributed by atoms with Gasteiger partial charge in [0.15, 0.2) is 9.84 Å². The molecule has 2 heterocycles. The van der Waals surface area contributed by atoms with Crippen molar-refractivity contribution in [1.29, 1.82) is 0 Å². The van der Waals surface area contributed by atoms with E-state index in [1.54, 1.807) is 55.5 Å². The van der Waals surface area contributed by atoms with E-state index in [1.807, 2.05) is 0 Å². The molecule has 2 aromatic heterocycles. The first kappa shape index (κ1) is 17.3. The first-order valence-corrected chi connectivity index (χ1v) is 10.2. The minimum Gasteiger partial charge on any atom is -0.461 e. The highest BCUT2D eigenvalue weighted by Crippen LogP contribution is 2.33. The predicted molar refractivity (Wildman–Crippen MR) is 103 cm³/mol. The minimum atomic E-state index is -3.31. The molecule has 6 heteroatoms. The van der Waals surface area contributed by atoms with E-state index in [0.717, 1.165) is 6.26 Å². The lowest BCUT2D eigenvalue weighted by Gasteiger charge is -2.09. The van der Waals surface area contributed by atoms with E-state index in [0.29, 0.717) is 39.4 Å². The van der Waals surface area contributed by atoms with E-state index in [9.17, 15) is 13.2 Å². The molecule has 0 radical (unpaired) electrons. The van der Waals surface area contributed by atoms with Crippen molar-refractivity contribution in [2.45, 2.75) is 11.8 Å². The molecule has 0 atom stereocenters. The van der Waals surface area contributed by atoms with Gasteiger partial charge in [-0.2, -0.15) is 0 Å². The lowest BCUT2D eigenvalue weighted by molar-refractivity contribution is 0.543. The van der Waals surface area contributed by atoms with E-state index >= 15 is 0 Å². The summed E-state index contributed by atoms with van der Waals surface area (Å²) in [5.41, 5.74) is 1.16. The fraction of sp³-hybridized carbons (Fsp3) is 0.0952. The highest BCUT2D eigenvalue weighted by atomic mass is 32.2. The average molecular weight is 380 g/mol. The Bertz CT molecular complexity index is 1310. The van der Waals surface area contributed by atoms with Gasteiger partial charge >= 0.3 is 0 Å². The van der Waals surface area contributed by atoms with E-state index < -0.39 is 9.84 Å². The molecule has 0 saturated heterocycles.